The van der Waals surface area contributed by atoms with Crippen LogP contribution < -0.4 is 5.32 Å². The molecule has 170 valence electrons. The highest BCUT2D eigenvalue weighted by atomic mass is 32.2. The molecule has 4 saturated carbocycles. The number of benzene rings is 1. The first-order chi connectivity index (χ1) is 14.8. The molecule has 0 radical (unpaired) electrons. The van der Waals surface area contributed by atoms with Crippen LogP contribution in [0.1, 0.15) is 51.0 Å². The highest BCUT2D eigenvalue weighted by Gasteiger charge is 2.52. The van der Waals surface area contributed by atoms with E-state index in [1.54, 1.807) is 4.31 Å². The third kappa shape index (κ3) is 4.41. The van der Waals surface area contributed by atoms with Gasteiger partial charge in [0.05, 0.1) is 11.8 Å². The smallest absolute Gasteiger partial charge is 0.237 e. The summed E-state index contributed by atoms with van der Waals surface area (Å²) in [5.41, 5.74) is 0.842. The van der Waals surface area contributed by atoms with Crippen LogP contribution in [0.2, 0.25) is 0 Å². The van der Waals surface area contributed by atoms with Gasteiger partial charge in [-0.3, -0.25) is 9.69 Å². The third-order valence-electron chi connectivity index (χ3n) is 8.21. The molecule has 0 aromatic heterocycles. The largest absolute Gasteiger partial charge is 0.349 e. The lowest BCUT2D eigenvalue weighted by Gasteiger charge is -2.57. The molecule has 4 aliphatic carbocycles. The minimum atomic E-state index is -3.34. The standard InChI is InChI=1S/C24H35N3O3S/c1-18(23(28)25-24-14-20-11-21(15-24)13-22(12-20)16-24)26-7-9-27(10-8-26)31(29,30)17-19-5-3-2-4-6-19/h2-6,18,20-22H,7-17H2,1H3,(H,25,28). The van der Waals surface area contributed by atoms with Crippen molar-refractivity contribution in [1.29, 1.82) is 0 Å². The highest BCUT2D eigenvalue weighted by Crippen LogP contribution is 2.55. The van der Waals surface area contributed by atoms with Crippen molar-refractivity contribution in [3.05, 3.63) is 35.9 Å². The van der Waals surface area contributed by atoms with Crippen LogP contribution in [0, 0.1) is 17.8 Å². The Morgan fingerprint density at radius 2 is 1.55 bits per heavy atom. The summed E-state index contributed by atoms with van der Waals surface area (Å²) in [6, 6.07) is 9.12. The van der Waals surface area contributed by atoms with Gasteiger partial charge in [0, 0.05) is 31.7 Å². The van der Waals surface area contributed by atoms with Gasteiger partial charge in [0.1, 0.15) is 0 Å². The molecule has 5 aliphatic rings. The zero-order valence-corrected chi connectivity index (χ0v) is 19.3. The number of carbonyl (C=O) groups is 1. The predicted octanol–water partition coefficient (Wildman–Crippen LogP) is 2.61. The van der Waals surface area contributed by atoms with Crippen LogP contribution in [-0.2, 0) is 20.6 Å². The fourth-order valence-electron chi connectivity index (χ4n) is 7.04. The fraction of sp³-hybridized carbons (Fsp3) is 0.708. The number of amides is 1. The predicted molar refractivity (Wildman–Crippen MR) is 121 cm³/mol. The lowest BCUT2D eigenvalue weighted by molar-refractivity contribution is -0.132. The summed E-state index contributed by atoms with van der Waals surface area (Å²) in [5.74, 6) is 2.58. The molecule has 1 heterocycles. The molecule has 1 amide bonds. The van der Waals surface area contributed by atoms with Gasteiger partial charge in [-0.2, -0.15) is 4.31 Å². The van der Waals surface area contributed by atoms with Crippen molar-refractivity contribution in [3.63, 3.8) is 0 Å². The minimum Gasteiger partial charge on any atom is -0.349 e. The van der Waals surface area contributed by atoms with Gasteiger partial charge >= 0.3 is 0 Å². The van der Waals surface area contributed by atoms with Crippen molar-refractivity contribution < 1.29 is 13.2 Å². The minimum absolute atomic E-state index is 0.0287. The number of hydrogen-bond donors (Lipinski definition) is 1. The molecule has 6 nitrogen and oxygen atoms in total. The first kappa shape index (κ1) is 21.4. The number of piperazine rings is 1. The summed E-state index contributed by atoms with van der Waals surface area (Å²) < 4.78 is 27.2. The Bertz CT molecular complexity index is 874. The molecule has 1 aromatic rings. The van der Waals surface area contributed by atoms with E-state index in [0.29, 0.717) is 26.2 Å². The molecule has 1 aromatic carbocycles. The zero-order chi connectivity index (χ0) is 21.6. The molecule has 4 bridgehead atoms. The Kier molecular flexibility index (Phi) is 5.64. The van der Waals surface area contributed by atoms with Crippen LogP contribution in [-0.4, -0.2) is 61.3 Å². The zero-order valence-electron chi connectivity index (χ0n) is 18.5. The summed E-state index contributed by atoms with van der Waals surface area (Å²) >= 11 is 0. The van der Waals surface area contributed by atoms with Crippen LogP contribution >= 0.6 is 0 Å². The topological polar surface area (TPSA) is 69.7 Å². The second kappa shape index (κ2) is 8.16. The van der Waals surface area contributed by atoms with E-state index in [4.69, 9.17) is 0 Å². The van der Waals surface area contributed by atoms with E-state index in [-0.39, 0.29) is 23.2 Å². The summed E-state index contributed by atoms with van der Waals surface area (Å²) in [7, 11) is -3.34. The molecule has 5 fully saturated rings. The van der Waals surface area contributed by atoms with E-state index >= 15 is 0 Å². The normalized spacial score (nSPS) is 34.5. The number of rotatable bonds is 6. The van der Waals surface area contributed by atoms with E-state index in [9.17, 15) is 13.2 Å². The second-order valence-corrected chi connectivity index (χ2v) is 12.5. The van der Waals surface area contributed by atoms with E-state index in [0.717, 1.165) is 42.6 Å². The van der Waals surface area contributed by atoms with E-state index in [1.165, 1.54) is 19.3 Å². The molecule has 7 heteroatoms. The molecule has 1 saturated heterocycles. The van der Waals surface area contributed by atoms with Gasteiger partial charge in [0.15, 0.2) is 0 Å². The number of nitrogens with one attached hydrogen (secondary N) is 1. The van der Waals surface area contributed by atoms with Crippen LogP contribution in [0.15, 0.2) is 30.3 Å². The molecule has 1 N–H and O–H groups in total. The Labute approximate surface area is 186 Å². The van der Waals surface area contributed by atoms with E-state index in [1.807, 2.05) is 37.3 Å². The molecule has 0 spiro atoms. The fourth-order valence-corrected chi connectivity index (χ4v) is 8.56. The van der Waals surface area contributed by atoms with Gasteiger partial charge in [0.2, 0.25) is 15.9 Å². The number of hydrogen-bond acceptors (Lipinski definition) is 4. The molecule has 1 aliphatic heterocycles. The van der Waals surface area contributed by atoms with Gasteiger partial charge in [-0.05, 0) is 68.8 Å². The van der Waals surface area contributed by atoms with Crippen LogP contribution in [0.25, 0.3) is 0 Å². The maximum Gasteiger partial charge on any atom is 0.237 e. The second-order valence-electron chi connectivity index (χ2n) is 10.5. The maximum absolute atomic E-state index is 13.2. The quantitative estimate of drug-likeness (QED) is 0.731. The summed E-state index contributed by atoms with van der Waals surface area (Å²) in [6.45, 7) is 4.07. The van der Waals surface area contributed by atoms with Gasteiger partial charge in [-0.25, -0.2) is 8.42 Å². The van der Waals surface area contributed by atoms with Gasteiger partial charge in [0.25, 0.3) is 0 Å². The average molecular weight is 446 g/mol. The monoisotopic (exact) mass is 445 g/mol. The SMILES string of the molecule is CC(C(=O)NC12CC3CC(CC(C3)C1)C2)N1CCN(S(=O)(=O)Cc2ccccc2)CC1. The Morgan fingerprint density at radius 1 is 1.00 bits per heavy atom. The third-order valence-corrected chi connectivity index (χ3v) is 10.1. The van der Waals surface area contributed by atoms with Crippen LogP contribution in [0.4, 0.5) is 0 Å². The van der Waals surface area contributed by atoms with Crippen molar-refractivity contribution in [1.82, 2.24) is 14.5 Å². The highest BCUT2D eigenvalue weighted by molar-refractivity contribution is 7.88. The molecular formula is C24H35N3O3S. The Morgan fingerprint density at radius 3 is 2.10 bits per heavy atom. The summed E-state index contributed by atoms with van der Waals surface area (Å²) in [6.07, 6.45) is 7.56. The molecule has 1 atom stereocenters. The van der Waals surface area contributed by atoms with E-state index < -0.39 is 10.0 Å². The average Bonchev–Trinajstić information content (AvgIpc) is 2.72. The molecule has 6 rings (SSSR count). The molecule has 1 unspecified atom stereocenters. The maximum atomic E-state index is 13.2. The van der Waals surface area contributed by atoms with Crippen molar-refractivity contribution in [2.45, 2.75) is 62.8 Å². The molecule has 31 heavy (non-hydrogen) atoms. The first-order valence-electron chi connectivity index (χ1n) is 11.9. The van der Waals surface area contributed by atoms with Gasteiger partial charge < -0.3 is 5.32 Å². The van der Waals surface area contributed by atoms with Crippen molar-refractivity contribution in [3.8, 4) is 0 Å². The van der Waals surface area contributed by atoms with Crippen LogP contribution in [0.3, 0.4) is 0 Å². The lowest BCUT2D eigenvalue weighted by Crippen LogP contribution is -2.63. The summed E-state index contributed by atoms with van der Waals surface area (Å²) in [5, 5.41) is 3.48. The van der Waals surface area contributed by atoms with Crippen molar-refractivity contribution in [2.24, 2.45) is 17.8 Å². The molecular weight excluding hydrogens is 410 g/mol. The number of sulfonamides is 1. The Hall–Kier alpha value is -1.44. The Balaban J connectivity index is 1.16. The first-order valence-corrected chi connectivity index (χ1v) is 13.5. The van der Waals surface area contributed by atoms with Gasteiger partial charge in [-0.1, -0.05) is 30.3 Å². The summed E-state index contributed by atoms with van der Waals surface area (Å²) in [4.78, 5) is 15.3. The van der Waals surface area contributed by atoms with Crippen LogP contribution in [0.5, 0.6) is 0 Å². The number of nitrogens with zero attached hydrogens (tertiary/aromatic N) is 2. The van der Waals surface area contributed by atoms with Gasteiger partial charge in [-0.15, -0.1) is 0 Å². The van der Waals surface area contributed by atoms with Crippen molar-refractivity contribution >= 4 is 15.9 Å². The number of carbonyl (C=O) groups excluding carboxylic acids is 1. The van der Waals surface area contributed by atoms with E-state index in [2.05, 4.69) is 10.2 Å². The lowest BCUT2D eigenvalue weighted by atomic mass is 9.53. The van der Waals surface area contributed by atoms with Crippen molar-refractivity contribution in [2.75, 3.05) is 26.2 Å².